The zero-order valence-corrected chi connectivity index (χ0v) is 11.0. The average molecular weight is 284 g/mol. The first-order chi connectivity index (χ1) is 8.66. The molecule has 1 aromatic heterocycles. The summed E-state index contributed by atoms with van der Waals surface area (Å²) in [5.41, 5.74) is 0.522. The van der Waals surface area contributed by atoms with E-state index in [4.69, 9.17) is 27.6 Å². The van der Waals surface area contributed by atoms with Crippen LogP contribution in [0.2, 0.25) is 10.0 Å². The second-order valence-corrected chi connectivity index (χ2v) is 4.51. The number of halogens is 2. The van der Waals surface area contributed by atoms with Crippen molar-refractivity contribution in [3.8, 4) is 0 Å². The van der Waals surface area contributed by atoms with E-state index in [1.165, 1.54) is 0 Å². The maximum Gasteiger partial charge on any atom is 0.224 e. The first-order valence-electron chi connectivity index (χ1n) is 5.43. The molecule has 0 aliphatic rings. The maximum absolute atomic E-state index is 11.7. The molecule has 0 atom stereocenters. The van der Waals surface area contributed by atoms with Crippen LogP contribution < -0.4 is 5.32 Å². The molecule has 1 aromatic carbocycles. The van der Waals surface area contributed by atoms with Gasteiger partial charge < -0.3 is 9.73 Å². The van der Waals surface area contributed by atoms with Crippen LogP contribution in [-0.2, 0) is 11.2 Å². The van der Waals surface area contributed by atoms with Gasteiger partial charge in [0, 0.05) is 12.8 Å². The third-order valence-electron chi connectivity index (χ3n) is 2.40. The van der Waals surface area contributed by atoms with Crippen molar-refractivity contribution in [1.29, 1.82) is 0 Å². The normalized spacial score (nSPS) is 10.3. The minimum atomic E-state index is -0.129. The minimum absolute atomic E-state index is 0.129. The Hall–Kier alpha value is -1.45. The Balaban J connectivity index is 1.93. The van der Waals surface area contributed by atoms with Crippen molar-refractivity contribution in [2.75, 3.05) is 5.32 Å². The van der Waals surface area contributed by atoms with Crippen LogP contribution in [0.25, 0.3) is 0 Å². The number of rotatable bonds is 4. The molecule has 2 rings (SSSR count). The SMILES string of the molecule is O=C(CCc1ccco1)Nc1cccc(Cl)c1Cl. The molecule has 1 heterocycles. The molecule has 0 aliphatic heterocycles. The van der Waals surface area contributed by atoms with E-state index < -0.39 is 0 Å². The molecule has 3 nitrogen and oxygen atoms in total. The summed E-state index contributed by atoms with van der Waals surface area (Å²) < 4.78 is 5.15. The van der Waals surface area contributed by atoms with Crippen molar-refractivity contribution in [3.05, 3.63) is 52.4 Å². The van der Waals surface area contributed by atoms with Gasteiger partial charge in [-0.05, 0) is 24.3 Å². The van der Waals surface area contributed by atoms with Crippen molar-refractivity contribution in [2.45, 2.75) is 12.8 Å². The van der Waals surface area contributed by atoms with Gasteiger partial charge >= 0.3 is 0 Å². The summed E-state index contributed by atoms with van der Waals surface area (Å²) in [4.78, 5) is 11.7. The topological polar surface area (TPSA) is 42.2 Å². The van der Waals surface area contributed by atoms with Crippen LogP contribution in [-0.4, -0.2) is 5.91 Å². The summed E-state index contributed by atoms with van der Waals surface area (Å²) >= 11 is 11.8. The van der Waals surface area contributed by atoms with Crippen LogP contribution in [0.3, 0.4) is 0 Å². The van der Waals surface area contributed by atoms with Crippen molar-refractivity contribution in [3.63, 3.8) is 0 Å². The number of hydrogen-bond donors (Lipinski definition) is 1. The lowest BCUT2D eigenvalue weighted by Crippen LogP contribution is -2.12. The van der Waals surface area contributed by atoms with Crippen molar-refractivity contribution >= 4 is 34.8 Å². The summed E-state index contributed by atoms with van der Waals surface area (Å²) in [5.74, 6) is 0.651. The van der Waals surface area contributed by atoms with E-state index in [0.29, 0.717) is 28.6 Å². The Morgan fingerprint density at radius 2 is 2.06 bits per heavy atom. The predicted octanol–water partition coefficient (Wildman–Crippen LogP) is 4.16. The van der Waals surface area contributed by atoms with Gasteiger partial charge in [-0.2, -0.15) is 0 Å². The molecule has 0 bridgehead atoms. The zero-order valence-electron chi connectivity index (χ0n) is 9.45. The van der Waals surface area contributed by atoms with Gasteiger partial charge in [-0.3, -0.25) is 4.79 Å². The average Bonchev–Trinajstić information content (AvgIpc) is 2.86. The highest BCUT2D eigenvalue weighted by molar-refractivity contribution is 6.43. The molecular formula is C13H11Cl2NO2. The Morgan fingerprint density at radius 3 is 2.78 bits per heavy atom. The third-order valence-corrected chi connectivity index (χ3v) is 3.22. The van der Waals surface area contributed by atoms with E-state index in [2.05, 4.69) is 5.32 Å². The van der Waals surface area contributed by atoms with E-state index in [1.54, 1.807) is 30.5 Å². The molecule has 5 heteroatoms. The van der Waals surface area contributed by atoms with Gasteiger partial charge in [0.15, 0.2) is 0 Å². The third kappa shape index (κ3) is 3.28. The molecule has 0 unspecified atom stereocenters. The lowest BCUT2D eigenvalue weighted by molar-refractivity contribution is -0.116. The summed E-state index contributed by atoms with van der Waals surface area (Å²) in [7, 11) is 0. The highest BCUT2D eigenvalue weighted by Gasteiger charge is 2.08. The van der Waals surface area contributed by atoms with Gasteiger partial charge in [0.05, 0.1) is 22.0 Å². The number of furan rings is 1. The molecule has 0 radical (unpaired) electrons. The number of carbonyl (C=O) groups is 1. The van der Waals surface area contributed by atoms with E-state index in [9.17, 15) is 4.79 Å². The second kappa shape index (κ2) is 5.94. The van der Waals surface area contributed by atoms with Crippen LogP contribution in [0.1, 0.15) is 12.2 Å². The molecule has 1 N–H and O–H groups in total. The van der Waals surface area contributed by atoms with Crippen LogP contribution in [0, 0.1) is 0 Å². The number of carbonyl (C=O) groups excluding carboxylic acids is 1. The van der Waals surface area contributed by atoms with Gasteiger partial charge in [-0.1, -0.05) is 29.3 Å². The largest absolute Gasteiger partial charge is 0.469 e. The fraction of sp³-hybridized carbons (Fsp3) is 0.154. The smallest absolute Gasteiger partial charge is 0.224 e. The summed E-state index contributed by atoms with van der Waals surface area (Å²) in [6.07, 6.45) is 2.47. The zero-order chi connectivity index (χ0) is 13.0. The molecule has 0 aliphatic carbocycles. The van der Waals surface area contributed by atoms with Crippen LogP contribution in [0.5, 0.6) is 0 Å². The Bertz CT molecular complexity index is 538. The van der Waals surface area contributed by atoms with Gasteiger partial charge in [-0.15, -0.1) is 0 Å². The first kappa shape index (κ1) is 13.0. The number of amides is 1. The number of anilines is 1. The second-order valence-electron chi connectivity index (χ2n) is 3.73. The van der Waals surface area contributed by atoms with E-state index >= 15 is 0 Å². The van der Waals surface area contributed by atoms with Crippen LogP contribution >= 0.6 is 23.2 Å². The van der Waals surface area contributed by atoms with E-state index in [0.717, 1.165) is 5.76 Å². The fourth-order valence-corrected chi connectivity index (χ4v) is 1.85. The number of aryl methyl sites for hydroxylation is 1. The monoisotopic (exact) mass is 283 g/mol. The van der Waals surface area contributed by atoms with Gasteiger partial charge in [0.1, 0.15) is 5.76 Å². The maximum atomic E-state index is 11.7. The molecule has 0 spiro atoms. The number of nitrogens with one attached hydrogen (secondary N) is 1. The Morgan fingerprint density at radius 1 is 1.22 bits per heavy atom. The predicted molar refractivity (Wildman–Crippen MR) is 72.1 cm³/mol. The first-order valence-corrected chi connectivity index (χ1v) is 6.18. The number of hydrogen-bond acceptors (Lipinski definition) is 2. The highest BCUT2D eigenvalue weighted by Crippen LogP contribution is 2.29. The highest BCUT2D eigenvalue weighted by atomic mass is 35.5. The van der Waals surface area contributed by atoms with Crippen molar-refractivity contribution in [1.82, 2.24) is 0 Å². The quantitative estimate of drug-likeness (QED) is 0.916. The Labute approximate surface area is 115 Å². The molecule has 18 heavy (non-hydrogen) atoms. The molecule has 0 saturated heterocycles. The summed E-state index contributed by atoms with van der Waals surface area (Å²) in [6.45, 7) is 0. The molecule has 0 saturated carbocycles. The van der Waals surface area contributed by atoms with Crippen molar-refractivity contribution in [2.24, 2.45) is 0 Å². The van der Waals surface area contributed by atoms with Crippen LogP contribution in [0.15, 0.2) is 41.0 Å². The lowest BCUT2D eigenvalue weighted by Gasteiger charge is -2.07. The fourth-order valence-electron chi connectivity index (χ4n) is 1.50. The number of benzene rings is 1. The molecule has 1 amide bonds. The van der Waals surface area contributed by atoms with E-state index in [-0.39, 0.29) is 5.91 Å². The van der Waals surface area contributed by atoms with Crippen molar-refractivity contribution < 1.29 is 9.21 Å². The van der Waals surface area contributed by atoms with Gasteiger partial charge in [0.2, 0.25) is 5.91 Å². The summed E-state index contributed by atoms with van der Waals surface area (Å²) in [5, 5.41) is 3.49. The minimum Gasteiger partial charge on any atom is -0.469 e. The summed E-state index contributed by atoms with van der Waals surface area (Å²) in [6, 6.07) is 8.73. The van der Waals surface area contributed by atoms with Gasteiger partial charge in [0.25, 0.3) is 0 Å². The van der Waals surface area contributed by atoms with Crippen LogP contribution in [0.4, 0.5) is 5.69 Å². The lowest BCUT2D eigenvalue weighted by atomic mass is 10.2. The standard InChI is InChI=1S/C13H11Cl2NO2/c14-10-4-1-5-11(13(10)15)16-12(17)7-6-9-3-2-8-18-9/h1-5,8H,6-7H2,(H,16,17). The molecule has 94 valence electrons. The van der Waals surface area contributed by atoms with E-state index in [1.807, 2.05) is 6.07 Å². The Kier molecular flexibility index (Phi) is 4.28. The molecule has 2 aromatic rings. The van der Waals surface area contributed by atoms with Gasteiger partial charge in [-0.25, -0.2) is 0 Å². The molecule has 0 fully saturated rings. The molecular weight excluding hydrogens is 273 g/mol.